The standard InChI is InChI=1S/C19H24O6/c1-5-10-23-15-12-16(24-11-6-2)18(25-19(20)22-4)13-8-7-9-14(21-3)17(13)15/h7-9,12H,5-6,10-11H2,1-4H3. The van der Waals surface area contributed by atoms with Crippen LogP contribution < -0.4 is 18.9 Å². The van der Waals surface area contributed by atoms with Gasteiger partial charge in [-0.3, -0.25) is 0 Å². The van der Waals surface area contributed by atoms with Crippen molar-refractivity contribution in [2.45, 2.75) is 26.7 Å². The lowest BCUT2D eigenvalue weighted by Gasteiger charge is -2.18. The summed E-state index contributed by atoms with van der Waals surface area (Å²) >= 11 is 0. The maximum Gasteiger partial charge on any atom is 0.513 e. The van der Waals surface area contributed by atoms with Crippen LogP contribution in [0.3, 0.4) is 0 Å². The molecule has 0 N–H and O–H groups in total. The zero-order valence-corrected chi connectivity index (χ0v) is 15.1. The topological polar surface area (TPSA) is 63.2 Å². The van der Waals surface area contributed by atoms with E-state index in [1.54, 1.807) is 13.2 Å². The van der Waals surface area contributed by atoms with Crippen molar-refractivity contribution in [2.24, 2.45) is 0 Å². The van der Waals surface area contributed by atoms with E-state index in [-0.39, 0.29) is 5.75 Å². The predicted octanol–water partition coefficient (Wildman–Crippen LogP) is 4.57. The Kier molecular flexibility index (Phi) is 6.74. The fourth-order valence-electron chi connectivity index (χ4n) is 2.41. The van der Waals surface area contributed by atoms with Crippen LogP contribution in [0.5, 0.6) is 23.0 Å². The highest BCUT2D eigenvalue weighted by Gasteiger charge is 2.21. The first-order valence-electron chi connectivity index (χ1n) is 8.31. The lowest BCUT2D eigenvalue weighted by Crippen LogP contribution is -2.10. The molecule has 0 unspecified atom stereocenters. The number of hydrogen-bond acceptors (Lipinski definition) is 6. The first kappa shape index (κ1) is 18.7. The summed E-state index contributed by atoms with van der Waals surface area (Å²) in [5.74, 6) is 1.97. The van der Waals surface area contributed by atoms with Gasteiger partial charge >= 0.3 is 6.16 Å². The van der Waals surface area contributed by atoms with E-state index >= 15 is 0 Å². The van der Waals surface area contributed by atoms with Gasteiger partial charge in [0, 0.05) is 11.5 Å². The number of hydrogen-bond donors (Lipinski definition) is 0. The van der Waals surface area contributed by atoms with Crippen LogP contribution in [0.25, 0.3) is 10.8 Å². The highest BCUT2D eigenvalue weighted by atomic mass is 16.7. The third kappa shape index (κ3) is 4.26. The summed E-state index contributed by atoms with van der Waals surface area (Å²) < 4.78 is 27.1. The molecule has 6 heteroatoms. The van der Waals surface area contributed by atoms with Crippen LogP contribution >= 0.6 is 0 Å². The molecule has 0 heterocycles. The molecule has 0 spiro atoms. The van der Waals surface area contributed by atoms with Crippen molar-refractivity contribution in [1.82, 2.24) is 0 Å². The molecule has 0 bridgehead atoms. The van der Waals surface area contributed by atoms with Crippen LogP contribution in [-0.2, 0) is 4.74 Å². The van der Waals surface area contributed by atoms with Gasteiger partial charge in [0.15, 0.2) is 11.5 Å². The molecule has 136 valence electrons. The first-order chi connectivity index (χ1) is 12.2. The van der Waals surface area contributed by atoms with Crippen LogP contribution in [-0.4, -0.2) is 33.6 Å². The van der Waals surface area contributed by atoms with Gasteiger partial charge in [-0.1, -0.05) is 26.0 Å². The second-order valence-corrected chi connectivity index (χ2v) is 5.34. The van der Waals surface area contributed by atoms with E-state index < -0.39 is 6.16 Å². The number of methoxy groups -OCH3 is 2. The Morgan fingerprint density at radius 2 is 1.64 bits per heavy atom. The van der Waals surface area contributed by atoms with Crippen molar-refractivity contribution in [3.8, 4) is 23.0 Å². The van der Waals surface area contributed by atoms with E-state index in [9.17, 15) is 4.79 Å². The zero-order chi connectivity index (χ0) is 18.2. The number of rotatable bonds is 8. The Morgan fingerprint density at radius 3 is 2.24 bits per heavy atom. The molecule has 0 aliphatic rings. The van der Waals surface area contributed by atoms with E-state index in [0.717, 1.165) is 18.2 Å². The lowest BCUT2D eigenvalue weighted by atomic mass is 10.1. The lowest BCUT2D eigenvalue weighted by molar-refractivity contribution is 0.120. The fraction of sp³-hybridized carbons (Fsp3) is 0.421. The summed E-state index contributed by atoms with van der Waals surface area (Å²) in [5, 5.41) is 1.38. The van der Waals surface area contributed by atoms with Gasteiger partial charge in [0.1, 0.15) is 11.5 Å². The molecule has 0 aliphatic heterocycles. The highest BCUT2D eigenvalue weighted by Crippen LogP contribution is 2.45. The van der Waals surface area contributed by atoms with Crippen LogP contribution in [0.4, 0.5) is 4.79 Å². The Balaban J connectivity index is 2.69. The number of fused-ring (bicyclic) bond motifs is 1. The Bertz CT molecular complexity index is 725. The van der Waals surface area contributed by atoms with Gasteiger partial charge in [-0.05, 0) is 18.9 Å². The van der Waals surface area contributed by atoms with Gasteiger partial charge in [-0.15, -0.1) is 0 Å². The van der Waals surface area contributed by atoms with Gasteiger partial charge in [0.2, 0.25) is 0 Å². The molecule has 0 saturated heterocycles. The third-order valence-electron chi connectivity index (χ3n) is 3.50. The average molecular weight is 348 g/mol. The van der Waals surface area contributed by atoms with E-state index in [0.29, 0.717) is 35.8 Å². The zero-order valence-electron chi connectivity index (χ0n) is 15.1. The monoisotopic (exact) mass is 348 g/mol. The summed E-state index contributed by atoms with van der Waals surface area (Å²) in [6.07, 6.45) is 0.869. The maximum atomic E-state index is 11.7. The van der Waals surface area contributed by atoms with Crippen molar-refractivity contribution < 1.29 is 28.5 Å². The largest absolute Gasteiger partial charge is 0.513 e. The molecule has 6 nitrogen and oxygen atoms in total. The van der Waals surface area contributed by atoms with Crippen molar-refractivity contribution in [2.75, 3.05) is 27.4 Å². The molecule has 0 amide bonds. The number of ether oxygens (including phenoxy) is 5. The van der Waals surface area contributed by atoms with Gasteiger partial charge < -0.3 is 23.7 Å². The Morgan fingerprint density at radius 1 is 0.960 bits per heavy atom. The van der Waals surface area contributed by atoms with Crippen LogP contribution in [0.15, 0.2) is 24.3 Å². The summed E-state index contributed by atoms with van der Waals surface area (Å²) in [7, 11) is 2.84. The first-order valence-corrected chi connectivity index (χ1v) is 8.31. The molecule has 2 rings (SSSR count). The SMILES string of the molecule is CCCOc1cc(OCCC)c2c(OC)cccc2c1OC(=O)OC. The van der Waals surface area contributed by atoms with Crippen LogP contribution in [0.2, 0.25) is 0 Å². The highest BCUT2D eigenvalue weighted by molar-refractivity contribution is 6.00. The van der Waals surface area contributed by atoms with E-state index in [1.807, 2.05) is 32.0 Å². The van der Waals surface area contributed by atoms with Gasteiger partial charge in [0.25, 0.3) is 0 Å². The number of carbonyl (C=O) groups excluding carboxylic acids is 1. The van der Waals surface area contributed by atoms with Crippen molar-refractivity contribution in [3.63, 3.8) is 0 Å². The normalized spacial score (nSPS) is 10.4. The minimum Gasteiger partial charge on any atom is -0.496 e. The smallest absolute Gasteiger partial charge is 0.496 e. The summed E-state index contributed by atoms with van der Waals surface area (Å²) in [6.45, 7) is 5.07. The van der Waals surface area contributed by atoms with Gasteiger partial charge in [-0.2, -0.15) is 0 Å². The molecule has 0 aromatic heterocycles. The quantitative estimate of drug-likeness (QED) is 0.514. The van der Waals surface area contributed by atoms with Gasteiger partial charge in [0.05, 0.1) is 32.8 Å². The summed E-state index contributed by atoms with van der Waals surface area (Å²) in [4.78, 5) is 11.7. The Labute approximate surface area is 147 Å². The van der Waals surface area contributed by atoms with Gasteiger partial charge in [-0.25, -0.2) is 4.79 Å². The number of benzene rings is 2. The molecule has 0 aliphatic carbocycles. The predicted molar refractivity (Wildman–Crippen MR) is 95.1 cm³/mol. The van der Waals surface area contributed by atoms with E-state index in [2.05, 4.69) is 4.74 Å². The van der Waals surface area contributed by atoms with E-state index in [4.69, 9.17) is 18.9 Å². The molecular weight excluding hydrogens is 324 g/mol. The Hall–Kier alpha value is -2.63. The van der Waals surface area contributed by atoms with Crippen LogP contribution in [0, 0.1) is 0 Å². The van der Waals surface area contributed by atoms with Crippen molar-refractivity contribution >= 4 is 16.9 Å². The fourth-order valence-corrected chi connectivity index (χ4v) is 2.41. The second kappa shape index (κ2) is 9.01. The van der Waals surface area contributed by atoms with E-state index in [1.165, 1.54) is 7.11 Å². The minimum absolute atomic E-state index is 0.290. The molecular formula is C19H24O6. The molecule has 2 aromatic rings. The molecule has 2 aromatic carbocycles. The molecule has 0 fully saturated rings. The average Bonchev–Trinajstić information content (AvgIpc) is 2.65. The molecule has 0 atom stereocenters. The van der Waals surface area contributed by atoms with Crippen LogP contribution in [0.1, 0.15) is 26.7 Å². The molecule has 0 saturated carbocycles. The second-order valence-electron chi connectivity index (χ2n) is 5.34. The van der Waals surface area contributed by atoms with Crippen molar-refractivity contribution in [1.29, 1.82) is 0 Å². The number of carbonyl (C=O) groups is 1. The molecule has 25 heavy (non-hydrogen) atoms. The molecule has 0 radical (unpaired) electrons. The summed E-state index contributed by atoms with van der Waals surface area (Å²) in [5.41, 5.74) is 0. The minimum atomic E-state index is -0.812. The third-order valence-corrected chi connectivity index (χ3v) is 3.50. The van der Waals surface area contributed by atoms with Crippen molar-refractivity contribution in [3.05, 3.63) is 24.3 Å². The summed E-state index contributed by atoms with van der Waals surface area (Å²) in [6, 6.07) is 7.20. The maximum absolute atomic E-state index is 11.7.